The number of aliphatic imine (C=N–C) groups is 1. The molecule has 0 unspecified atom stereocenters. The van der Waals surface area contributed by atoms with Crippen LogP contribution in [0.5, 0.6) is 17.2 Å². The van der Waals surface area contributed by atoms with Crippen LogP contribution in [0.25, 0.3) is 0 Å². The summed E-state index contributed by atoms with van der Waals surface area (Å²) in [7, 11) is 0. The highest BCUT2D eigenvalue weighted by Gasteiger charge is 1.99. The van der Waals surface area contributed by atoms with E-state index in [9.17, 15) is 4.79 Å². The Morgan fingerprint density at radius 1 is 0.846 bits per heavy atom. The first-order valence-electron chi connectivity index (χ1n) is 8.01. The van der Waals surface area contributed by atoms with Crippen LogP contribution in [0.4, 0.5) is 5.69 Å². The average Bonchev–Trinajstić information content (AvgIpc) is 2.67. The number of carbonyl (C=O) groups is 1. The second-order valence-corrected chi connectivity index (χ2v) is 5.42. The molecule has 0 aliphatic heterocycles. The van der Waals surface area contributed by atoms with E-state index in [4.69, 9.17) is 14.6 Å². The summed E-state index contributed by atoms with van der Waals surface area (Å²) in [6.07, 6.45) is 1.73. The number of rotatable bonds is 7. The monoisotopic (exact) mass is 347 g/mol. The molecule has 0 aromatic heterocycles. The van der Waals surface area contributed by atoms with E-state index in [0.29, 0.717) is 5.75 Å². The van der Waals surface area contributed by atoms with Gasteiger partial charge in [0.15, 0.2) is 6.61 Å². The molecule has 5 heteroatoms. The molecule has 0 amide bonds. The van der Waals surface area contributed by atoms with Crippen molar-refractivity contribution in [1.82, 2.24) is 0 Å². The van der Waals surface area contributed by atoms with Gasteiger partial charge in [0.05, 0.1) is 5.69 Å². The maximum absolute atomic E-state index is 10.5. The first-order valence-corrected chi connectivity index (χ1v) is 8.01. The summed E-state index contributed by atoms with van der Waals surface area (Å²) in [5, 5.41) is 8.59. The van der Waals surface area contributed by atoms with Gasteiger partial charge in [0.1, 0.15) is 17.2 Å². The Morgan fingerprint density at radius 3 is 2.12 bits per heavy atom. The molecule has 0 fully saturated rings. The van der Waals surface area contributed by atoms with Gasteiger partial charge in [-0.05, 0) is 66.2 Å². The summed E-state index contributed by atoms with van der Waals surface area (Å²) >= 11 is 0. The van der Waals surface area contributed by atoms with Crippen molar-refractivity contribution in [1.29, 1.82) is 0 Å². The van der Waals surface area contributed by atoms with E-state index in [-0.39, 0.29) is 6.61 Å². The molecule has 26 heavy (non-hydrogen) atoms. The average molecular weight is 347 g/mol. The zero-order valence-electron chi connectivity index (χ0n) is 13.9. The molecule has 0 atom stereocenters. The van der Waals surface area contributed by atoms with Crippen molar-refractivity contribution in [2.24, 2.45) is 4.99 Å². The third-order valence-electron chi connectivity index (χ3n) is 3.42. The minimum absolute atomic E-state index is 0.356. The van der Waals surface area contributed by atoms with Crippen molar-refractivity contribution in [3.05, 3.63) is 84.4 Å². The van der Waals surface area contributed by atoms with Gasteiger partial charge in [0.2, 0.25) is 0 Å². The van der Waals surface area contributed by atoms with Crippen molar-refractivity contribution in [2.45, 2.75) is 0 Å². The molecular weight excluding hydrogens is 330 g/mol. The van der Waals surface area contributed by atoms with Crippen LogP contribution in [0.1, 0.15) is 5.56 Å². The van der Waals surface area contributed by atoms with E-state index < -0.39 is 5.97 Å². The molecule has 130 valence electrons. The lowest BCUT2D eigenvalue weighted by molar-refractivity contribution is -0.139. The van der Waals surface area contributed by atoms with E-state index in [0.717, 1.165) is 22.7 Å². The van der Waals surface area contributed by atoms with Crippen molar-refractivity contribution in [3.8, 4) is 17.2 Å². The summed E-state index contributed by atoms with van der Waals surface area (Å²) < 4.78 is 10.8. The minimum Gasteiger partial charge on any atom is -0.482 e. The molecule has 0 spiro atoms. The molecule has 0 radical (unpaired) electrons. The number of benzene rings is 3. The minimum atomic E-state index is -1.00. The van der Waals surface area contributed by atoms with Crippen LogP contribution in [0.2, 0.25) is 0 Å². The second kappa shape index (κ2) is 8.48. The van der Waals surface area contributed by atoms with Crippen LogP contribution < -0.4 is 9.47 Å². The first kappa shape index (κ1) is 17.2. The molecule has 0 aliphatic rings. The number of nitrogens with zero attached hydrogens (tertiary/aromatic N) is 1. The van der Waals surface area contributed by atoms with Gasteiger partial charge in [0, 0.05) is 6.21 Å². The van der Waals surface area contributed by atoms with Gasteiger partial charge in [-0.15, -0.1) is 0 Å². The van der Waals surface area contributed by atoms with Crippen LogP contribution in [-0.4, -0.2) is 23.9 Å². The number of aliphatic carboxylic acids is 1. The number of ether oxygens (including phenoxy) is 2. The summed E-state index contributed by atoms with van der Waals surface area (Å²) in [5.41, 5.74) is 1.69. The first-order chi connectivity index (χ1) is 12.7. The van der Waals surface area contributed by atoms with E-state index in [1.54, 1.807) is 18.3 Å². The van der Waals surface area contributed by atoms with Crippen LogP contribution >= 0.6 is 0 Å². The van der Waals surface area contributed by atoms with Crippen molar-refractivity contribution >= 4 is 17.9 Å². The van der Waals surface area contributed by atoms with Crippen molar-refractivity contribution in [2.75, 3.05) is 6.61 Å². The number of carboxylic acids is 1. The summed E-state index contributed by atoms with van der Waals surface area (Å²) in [4.78, 5) is 14.9. The normalized spacial score (nSPS) is 10.6. The van der Waals surface area contributed by atoms with E-state index in [1.165, 1.54) is 0 Å². The Balaban J connectivity index is 1.59. The van der Waals surface area contributed by atoms with Crippen molar-refractivity contribution in [3.63, 3.8) is 0 Å². The predicted molar refractivity (Wildman–Crippen MR) is 99.8 cm³/mol. The van der Waals surface area contributed by atoms with E-state index in [2.05, 4.69) is 4.99 Å². The van der Waals surface area contributed by atoms with Gasteiger partial charge >= 0.3 is 5.97 Å². The predicted octanol–water partition coefficient (Wildman–Crippen LogP) is 4.69. The van der Waals surface area contributed by atoms with Gasteiger partial charge in [0.25, 0.3) is 0 Å². The van der Waals surface area contributed by atoms with Crippen LogP contribution in [0, 0.1) is 0 Å². The molecule has 3 aromatic rings. The topological polar surface area (TPSA) is 68.1 Å². The maximum Gasteiger partial charge on any atom is 0.341 e. The van der Waals surface area contributed by atoms with Gasteiger partial charge in [-0.2, -0.15) is 0 Å². The van der Waals surface area contributed by atoms with Crippen LogP contribution in [-0.2, 0) is 4.79 Å². The fraction of sp³-hybridized carbons (Fsp3) is 0.0476. The standard InChI is InChI=1S/C21H17NO4/c23-21(24)15-25-18-10-6-16(7-11-18)14-22-17-8-12-20(13-9-17)26-19-4-2-1-3-5-19/h1-14H,15H2,(H,23,24). The smallest absolute Gasteiger partial charge is 0.341 e. The second-order valence-electron chi connectivity index (χ2n) is 5.42. The lowest BCUT2D eigenvalue weighted by Gasteiger charge is -2.05. The Kier molecular flexibility index (Phi) is 5.62. The van der Waals surface area contributed by atoms with Crippen LogP contribution in [0.15, 0.2) is 83.9 Å². The quantitative estimate of drug-likeness (QED) is 0.629. The Morgan fingerprint density at radius 2 is 1.46 bits per heavy atom. The highest BCUT2D eigenvalue weighted by atomic mass is 16.5. The third-order valence-corrected chi connectivity index (χ3v) is 3.42. The fourth-order valence-electron chi connectivity index (χ4n) is 2.17. The van der Waals surface area contributed by atoms with Gasteiger partial charge in [-0.3, -0.25) is 4.99 Å². The zero-order valence-corrected chi connectivity index (χ0v) is 13.9. The van der Waals surface area contributed by atoms with E-state index in [1.807, 2.05) is 66.7 Å². The molecule has 0 saturated heterocycles. The van der Waals surface area contributed by atoms with Crippen LogP contribution in [0.3, 0.4) is 0 Å². The third kappa shape index (κ3) is 5.21. The number of para-hydroxylation sites is 1. The molecule has 1 N–H and O–H groups in total. The highest BCUT2D eigenvalue weighted by Crippen LogP contribution is 2.23. The molecule has 0 bridgehead atoms. The molecule has 0 aliphatic carbocycles. The molecule has 0 heterocycles. The molecule has 3 rings (SSSR count). The zero-order chi connectivity index (χ0) is 18.2. The molecular formula is C21H17NO4. The number of hydrogen-bond donors (Lipinski definition) is 1. The van der Waals surface area contributed by atoms with Crippen molar-refractivity contribution < 1.29 is 19.4 Å². The largest absolute Gasteiger partial charge is 0.482 e. The molecule has 3 aromatic carbocycles. The summed E-state index contributed by atoms with van der Waals surface area (Å²) in [6.45, 7) is -0.356. The Hall–Kier alpha value is -3.60. The lowest BCUT2D eigenvalue weighted by Crippen LogP contribution is -2.09. The SMILES string of the molecule is O=C(O)COc1ccc(C=Nc2ccc(Oc3ccccc3)cc2)cc1. The lowest BCUT2D eigenvalue weighted by atomic mass is 10.2. The number of carboxylic acid groups (broad SMARTS) is 1. The Labute approximate surface area is 151 Å². The summed E-state index contributed by atoms with van der Waals surface area (Å²) in [5.74, 6) is 1.03. The Bertz CT molecular complexity index is 872. The van der Waals surface area contributed by atoms with Gasteiger partial charge in [-0.1, -0.05) is 18.2 Å². The molecule has 5 nitrogen and oxygen atoms in total. The fourth-order valence-corrected chi connectivity index (χ4v) is 2.17. The highest BCUT2D eigenvalue weighted by molar-refractivity contribution is 5.82. The molecule has 0 saturated carbocycles. The van der Waals surface area contributed by atoms with Gasteiger partial charge in [-0.25, -0.2) is 4.79 Å². The number of hydrogen-bond acceptors (Lipinski definition) is 4. The summed E-state index contributed by atoms with van der Waals surface area (Å²) in [6, 6.07) is 24.1. The van der Waals surface area contributed by atoms with E-state index >= 15 is 0 Å². The maximum atomic E-state index is 10.5. The van der Waals surface area contributed by atoms with Gasteiger partial charge < -0.3 is 14.6 Å².